The maximum Gasteiger partial charge on any atom is 0.264 e. The van der Waals surface area contributed by atoms with E-state index in [2.05, 4.69) is 5.32 Å². The van der Waals surface area contributed by atoms with E-state index >= 15 is 0 Å². The number of anilines is 1. The van der Waals surface area contributed by atoms with Crippen molar-refractivity contribution in [3.05, 3.63) is 87.9 Å². The average molecular weight is 593 g/mol. The number of halogens is 2. The second-order valence-corrected chi connectivity index (χ2v) is 11.5. The molecule has 0 unspecified atom stereocenters. The molecule has 39 heavy (non-hydrogen) atoms. The molecule has 0 aliphatic heterocycles. The Hall–Kier alpha value is -3.27. The topological polar surface area (TPSA) is 96.0 Å². The molecule has 0 aliphatic carbocycles. The first kappa shape index (κ1) is 30.3. The summed E-state index contributed by atoms with van der Waals surface area (Å²) in [7, 11) is -1.18. The number of nitrogens with one attached hydrogen (secondary N) is 1. The molecule has 0 radical (unpaired) electrons. The van der Waals surface area contributed by atoms with Crippen molar-refractivity contribution in [3.63, 3.8) is 0 Å². The van der Waals surface area contributed by atoms with Gasteiger partial charge in [0.25, 0.3) is 10.0 Å². The van der Waals surface area contributed by atoms with E-state index < -0.39 is 28.5 Å². The van der Waals surface area contributed by atoms with Crippen molar-refractivity contribution in [2.45, 2.75) is 37.8 Å². The maximum absolute atomic E-state index is 13.9. The zero-order chi connectivity index (χ0) is 28.7. The lowest BCUT2D eigenvalue weighted by Crippen LogP contribution is -2.51. The molecule has 3 rings (SSSR count). The average Bonchev–Trinajstić information content (AvgIpc) is 2.93. The Bertz CT molecular complexity index is 1430. The molecule has 0 fully saturated rings. The molecule has 0 heterocycles. The number of hydrogen-bond acceptors (Lipinski definition) is 5. The summed E-state index contributed by atoms with van der Waals surface area (Å²) in [4.78, 5) is 28.1. The fraction of sp³-hybridized carbons (Fsp3) is 0.286. The molecule has 1 N–H and O–H groups in total. The fourth-order valence-corrected chi connectivity index (χ4v) is 5.76. The predicted molar refractivity (Wildman–Crippen MR) is 154 cm³/mol. The molecule has 0 spiro atoms. The van der Waals surface area contributed by atoms with Crippen molar-refractivity contribution in [1.82, 2.24) is 10.2 Å². The van der Waals surface area contributed by atoms with Crippen LogP contribution in [-0.2, 0) is 26.2 Å². The second-order valence-electron chi connectivity index (χ2n) is 8.83. The summed E-state index contributed by atoms with van der Waals surface area (Å²) in [5.41, 5.74) is 1.76. The van der Waals surface area contributed by atoms with E-state index in [-0.39, 0.29) is 33.1 Å². The van der Waals surface area contributed by atoms with Gasteiger partial charge in [0.05, 0.1) is 27.7 Å². The van der Waals surface area contributed by atoms with E-state index in [9.17, 15) is 18.0 Å². The largest absolute Gasteiger partial charge is 0.497 e. The molecular formula is C28H31Cl2N3O5S. The van der Waals surface area contributed by atoms with Gasteiger partial charge in [0.2, 0.25) is 11.8 Å². The minimum Gasteiger partial charge on any atom is -0.497 e. The van der Waals surface area contributed by atoms with Gasteiger partial charge in [-0.25, -0.2) is 8.42 Å². The highest BCUT2D eigenvalue weighted by molar-refractivity contribution is 7.92. The lowest BCUT2D eigenvalue weighted by atomic mass is 10.1. The minimum absolute atomic E-state index is 0.00432. The highest BCUT2D eigenvalue weighted by atomic mass is 35.5. The first-order chi connectivity index (χ1) is 18.5. The molecule has 8 nitrogen and oxygen atoms in total. The van der Waals surface area contributed by atoms with Crippen LogP contribution in [-0.4, -0.2) is 51.9 Å². The molecule has 11 heteroatoms. The van der Waals surface area contributed by atoms with Gasteiger partial charge in [-0.05, 0) is 61.4 Å². The summed E-state index contributed by atoms with van der Waals surface area (Å²) in [6, 6.07) is 16.9. The van der Waals surface area contributed by atoms with Crippen LogP contribution in [0.25, 0.3) is 0 Å². The van der Waals surface area contributed by atoms with Crippen molar-refractivity contribution in [2.75, 3.05) is 25.0 Å². The van der Waals surface area contributed by atoms with E-state index in [1.165, 1.54) is 49.4 Å². The number of nitrogens with zero attached hydrogens (tertiary/aromatic N) is 2. The Balaban J connectivity index is 2.09. The number of aryl methyl sites for hydroxylation is 1. The summed E-state index contributed by atoms with van der Waals surface area (Å²) in [6.45, 7) is 3.11. The van der Waals surface area contributed by atoms with Crippen molar-refractivity contribution < 1.29 is 22.7 Å². The number of amides is 2. The van der Waals surface area contributed by atoms with Gasteiger partial charge in [-0.15, -0.1) is 0 Å². The van der Waals surface area contributed by atoms with Crippen LogP contribution in [0, 0.1) is 6.92 Å². The van der Waals surface area contributed by atoms with Crippen LogP contribution in [0.3, 0.4) is 0 Å². The molecule has 3 aromatic rings. The number of methoxy groups -OCH3 is 1. The fourth-order valence-electron chi connectivity index (χ4n) is 4.06. The Kier molecular flexibility index (Phi) is 10.2. The summed E-state index contributed by atoms with van der Waals surface area (Å²) >= 11 is 12.3. The van der Waals surface area contributed by atoms with Gasteiger partial charge in [-0.2, -0.15) is 0 Å². The zero-order valence-corrected chi connectivity index (χ0v) is 24.5. The van der Waals surface area contributed by atoms with Gasteiger partial charge in [-0.1, -0.05) is 60.0 Å². The monoisotopic (exact) mass is 591 g/mol. The summed E-state index contributed by atoms with van der Waals surface area (Å²) in [5.74, 6) is -0.349. The highest BCUT2D eigenvalue weighted by Gasteiger charge is 2.33. The van der Waals surface area contributed by atoms with Gasteiger partial charge in [0.1, 0.15) is 18.3 Å². The SMILES string of the molecule is CC[C@H](C(=O)NC)N(Cc1cccc(OC)c1)C(=O)CN(c1ccc(Cl)c(Cl)c1)S(=O)(=O)c1ccc(C)cc1. The molecule has 3 aromatic carbocycles. The second kappa shape index (κ2) is 13.2. The van der Waals surface area contributed by atoms with Crippen LogP contribution in [0.1, 0.15) is 24.5 Å². The van der Waals surface area contributed by atoms with Crippen molar-refractivity contribution in [3.8, 4) is 5.75 Å². The third kappa shape index (κ3) is 7.23. The third-order valence-electron chi connectivity index (χ3n) is 6.20. The smallest absolute Gasteiger partial charge is 0.264 e. The van der Waals surface area contributed by atoms with Crippen molar-refractivity contribution >= 4 is 50.7 Å². The molecule has 2 amide bonds. The van der Waals surface area contributed by atoms with Gasteiger partial charge in [0, 0.05) is 13.6 Å². The molecule has 0 aromatic heterocycles. The number of sulfonamides is 1. The van der Waals surface area contributed by atoms with Gasteiger partial charge in [0.15, 0.2) is 0 Å². The molecule has 0 bridgehead atoms. The van der Waals surface area contributed by atoms with Gasteiger partial charge < -0.3 is 15.0 Å². The van der Waals surface area contributed by atoms with E-state index in [0.29, 0.717) is 17.7 Å². The first-order valence-corrected chi connectivity index (χ1v) is 14.4. The van der Waals surface area contributed by atoms with Crippen molar-refractivity contribution in [1.29, 1.82) is 0 Å². The number of carbonyl (C=O) groups is 2. The summed E-state index contributed by atoms with van der Waals surface area (Å²) in [6.07, 6.45) is 0.312. The lowest BCUT2D eigenvalue weighted by molar-refractivity contribution is -0.140. The van der Waals surface area contributed by atoms with Crippen LogP contribution in [0.15, 0.2) is 71.6 Å². The number of ether oxygens (including phenoxy) is 1. The van der Waals surface area contributed by atoms with Crippen LogP contribution < -0.4 is 14.4 Å². The van der Waals surface area contributed by atoms with E-state index in [4.69, 9.17) is 27.9 Å². The summed E-state index contributed by atoms with van der Waals surface area (Å²) < 4.78 is 34.0. The van der Waals surface area contributed by atoms with Crippen LogP contribution in [0.4, 0.5) is 5.69 Å². The number of benzene rings is 3. The van der Waals surface area contributed by atoms with E-state index in [1.807, 2.05) is 6.92 Å². The molecule has 0 saturated heterocycles. The molecule has 208 valence electrons. The van der Waals surface area contributed by atoms with Gasteiger partial charge >= 0.3 is 0 Å². The zero-order valence-electron chi connectivity index (χ0n) is 22.1. The highest BCUT2D eigenvalue weighted by Crippen LogP contribution is 2.31. The number of carbonyl (C=O) groups excluding carboxylic acids is 2. The Labute approximate surface area is 239 Å². The number of hydrogen-bond donors (Lipinski definition) is 1. The van der Waals surface area contributed by atoms with Gasteiger partial charge in [-0.3, -0.25) is 13.9 Å². The van der Waals surface area contributed by atoms with Crippen LogP contribution in [0.2, 0.25) is 10.0 Å². The predicted octanol–water partition coefficient (Wildman–Crippen LogP) is 5.06. The Morgan fingerprint density at radius 2 is 1.69 bits per heavy atom. The molecular weight excluding hydrogens is 561 g/mol. The lowest BCUT2D eigenvalue weighted by Gasteiger charge is -2.33. The Morgan fingerprint density at radius 3 is 2.28 bits per heavy atom. The van der Waals surface area contributed by atoms with E-state index in [1.54, 1.807) is 43.3 Å². The quantitative estimate of drug-likeness (QED) is 0.336. The first-order valence-electron chi connectivity index (χ1n) is 12.2. The Morgan fingerprint density at radius 1 is 1.00 bits per heavy atom. The van der Waals surface area contributed by atoms with E-state index in [0.717, 1.165) is 9.87 Å². The number of likely N-dealkylation sites (N-methyl/N-ethyl adjacent to an activating group) is 1. The molecule has 0 saturated carbocycles. The molecule has 0 aliphatic rings. The minimum atomic E-state index is -4.21. The normalized spacial score (nSPS) is 11.9. The summed E-state index contributed by atoms with van der Waals surface area (Å²) in [5, 5.41) is 2.97. The van der Waals surface area contributed by atoms with Crippen LogP contribution >= 0.6 is 23.2 Å². The standard InChI is InChI=1S/C28H31Cl2N3O5S/c1-5-26(28(35)31-3)32(17-20-7-6-8-22(15-20)38-4)27(34)18-33(21-11-14-24(29)25(30)16-21)39(36,37)23-12-9-19(2)10-13-23/h6-16,26H,5,17-18H2,1-4H3,(H,31,35)/t26-/m1/s1. The third-order valence-corrected chi connectivity index (χ3v) is 8.73. The van der Waals surface area contributed by atoms with Crippen LogP contribution in [0.5, 0.6) is 5.75 Å². The molecule has 1 atom stereocenters. The number of rotatable bonds is 11. The van der Waals surface area contributed by atoms with Crippen molar-refractivity contribution in [2.24, 2.45) is 0 Å². The maximum atomic E-state index is 13.9.